The lowest BCUT2D eigenvalue weighted by Gasteiger charge is -2.37. The minimum Gasteiger partial charge on any atom is -0.494 e. The zero-order chi connectivity index (χ0) is 22.9. The topological polar surface area (TPSA) is 47.6 Å². The van der Waals surface area contributed by atoms with E-state index in [4.69, 9.17) is 21.7 Å². The Hall–Kier alpha value is -2.22. The summed E-state index contributed by atoms with van der Waals surface area (Å²) in [6, 6.07) is 16.0. The molecule has 0 aromatic heterocycles. The fourth-order valence-corrected chi connectivity index (χ4v) is 6.73. The first-order chi connectivity index (χ1) is 15.4. The molecular weight excluding hydrogens is 458 g/mol. The summed E-state index contributed by atoms with van der Waals surface area (Å²) in [5, 5.41) is 3.55. The van der Waals surface area contributed by atoms with Crippen LogP contribution in [0.25, 0.3) is 10.5 Å². The third-order valence-electron chi connectivity index (χ3n) is 5.11. The predicted molar refractivity (Wildman–Crippen MR) is 140 cm³/mol. The van der Waals surface area contributed by atoms with Crippen molar-refractivity contribution < 1.29 is 14.3 Å². The number of esters is 1. The lowest BCUT2D eigenvalue weighted by molar-refractivity contribution is -0.137. The minimum atomic E-state index is -0.404. The van der Waals surface area contributed by atoms with E-state index in [1.807, 2.05) is 62.4 Å². The number of carbonyl (C=O) groups is 1. The Kier molecular flexibility index (Phi) is 6.70. The Morgan fingerprint density at radius 2 is 1.81 bits per heavy atom. The number of benzene rings is 2. The molecule has 2 aromatic rings. The molecule has 4 nitrogen and oxygen atoms in total. The molecule has 166 valence electrons. The van der Waals surface area contributed by atoms with Crippen LogP contribution in [0.3, 0.4) is 0 Å². The first kappa shape index (κ1) is 23.0. The highest BCUT2D eigenvalue weighted by atomic mass is 32.2. The van der Waals surface area contributed by atoms with Crippen LogP contribution in [0.15, 0.2) is 57.7 Å². The molecule has 0 aliphatic carbocycles. The quantitative estimate of drug-likeness (QED) is 0.287. The number of nitrogens with one attached hydrogen (secondary N) is 1. The number of hydrogen-bond donors (Lipinski definition) is 1. The van der Waals surface area contributed by atoms with Crippen LogP contribution in [0.5, 0.6) is 5.75 Å². The summed E-state index contributed by atoms with van der Waals surface area (Å²) in [5.74, 6) is 0.491. The molecular formula is C25H25NO3S3. The SMILES string of the molecule is CCOC(=O)C1=C(c2ccccc2)SC(=C2C(=S)C(C)(C)Nc3ccc(OCC)cc32)S1. The highest BCUT2D eigenvalue weighted by molar-refractivity contribution is 8.32. The van der Waals surface area contributed by atoms with Gasteiger partial charge in [-0.2, -0.15) is 0 Å². The van der Waals surface area contributed by atoms with E-state index in [-0.39, 0.29) is 5.97 Å². The predicted octanol–water partition coefficient (Wildman–Crippen LogP) is 6.74. The second-order valence-corrected chi connectivity index (χ2v) is 10.5. The average molecular weight is 484 g/mol. The van der Waals surface area contributed by atoms with Gasteiger partial charge >= 0.3 is 5.97 Å². The van der Waals surface area contributed by atoms with Gasteiger partial charge in [0.05, 0.1) is 23.0 Å². The smallest absolute Gasteiger partial charge is 0.346 e. The standard InChI is InChI=1S/C25H25NO3S3/c1-5-28-16-12-13-18-17(14-16)19(22(30)25(3,4)26-18)24-31-20(15-10-8-7-9-11-15)21(32-24)23(27)29-6-2/h7-14,26H,5-6H2,1-4H3. The summed E-state index contributed by atoms with van der Waals surface area (Å²) in [6.45, 7) is 8.87. The molecule has 0 radical (unpaired) electrons. The molecule has 2 aliphatic rings. The Morgan fingerprint density at radius 3 is 2.50 bits per heavy atom. The molecule has 32 heavy (non-hydrogen) atoms. The van der Waals surface area contributed by atoms with E-state index in [0.29, 0.717) is 18.1 Å². The summed E-state index contributed by atoms with van der Waals surface area (Å²) in [6.07, 6.45) is 0. The van der Waals surface area contributed by atoms with Crippen molar-refractivity contribution in [1.82, 2.24) is 0 Å². The molecule has 4 rings (SSSR count). The average Bonchev–Trinajstić information content (AvgIpc) is 3.21. The number of ether oxygens (including phenoxy) is 2. The van der Waals surface area contributed by atoms with Crippen molar-refractivity contribution in [2.24, 2.45) is 0 Å². The Bertz CT molecular complexity index is 1140. The number of anilines is 1. The summed E-state index contributed by atoms with van der Waals surface area (Å²) in [7, 11) is 0. The van der Waals surface area contributed by atoms with Crippen LogP contribution < -0.4 is 10.1 Å². The molecule has 1 N–H and O–H groups in total. The lowest BCUT2D eigenvalue weighted by atomic mass is 9.85. The van der Waals surface area contributed by atoms with Gasteiger partial charge in [0.15, 0.2) is 0 Å². The van der Waals surface area contributed by atoms with E-state index >= 15 is 0 Å². The second kappa shape index (κ2) is 9.33. The summed E-state index contributed by atoms with van der Waals surface area (Å²) >= 11 is 9.00. The Balaban J connectivity index is 1.87. The van der Waals surface area contributed by atoms with Gasteiger partial charge in [0.2, 0.25) is 0 Å². The maximum atomic E-state index is 12.8. The number of hydrogen-bond acceptors (Lipinski definition) is 7. The van der Waals surface area contributed by atoms with E-state index in [1.54, 1.807) is 11.8 Å². The van der Waals surface area contributed by atoms with Crippen LogP contribution in [-0.2, 0) is 9.53 Å². The van der Waals surface area contributed by atoms with E-state index in [2.05, 4.69) is 19.2 Å². The van der Waals surface area contributed by atoms with Gasteiger partial charge in [-0.15, -0.1) is 0 Å². The van der Waals surface area contributed by atoms with E-state index < -0.39 is 5.54 Å². The highest BCUT2D eigenvalue weighted by Crippen LogP contribution is 2.58. The van der Waals surface area contributed by atoms with Gasteiger partial charge in [-0.25, -0.2) is 4.79 Å². The van der Waals surface area contributed by atoms with Gasteiger partial charge in [0.1, 0.15) is 10.7 Å². The van der Waals surface area contributed by atoms with Crippen LogP contribution in [0, 0.1) is 0 Å². The molecule has 2 aliphatic heterocycles. The largest absolute Gasteiger partial charge is 0.494 e. The number of rotatable bonds is 5. The molecule has 0 saturated heterocycles. The molecule has 2 aromatic carbocycles. The fourth-order valence-electron chi connectivity index (χ4n) is 3.64. The monoisotopic (exact) mass is 483 g/mol. The van der Waals surface area contributed by atoms with Gasteiger partial charge in [0.25, 0.3) is 0 Å². The molecule has 0 bridgehead atoms. The molecule has 0 atom stereocenters. The summed E-state index contributed by atoms with van der Waals surface area (Å²) in [4.78, 5) is 15.2. The van der Waals surface area contributed by atoms with Crippen LogP contribution in [0.2, 0.25) is 0 Å². The van der Waals surface area contributed by atoms with Gasteiger partial charge in [-0.3, -0.25) is 0 Å². The first-order valence-electron chi connectivity index (χ1n) is 10.5. The molecule has 7 heteroatoms. The van der Waals surface area contributed by atoms with E-state index in [9.17, 15) is 4.79 Å². The normalized spacial score (nSPS) is 19.4. The minimum absolute atomic E-state index is 0.304. The number of carbonyl (C=O) groups excluding carboxylic acids is 1. The van der Waals surface area contributed by atoms with Crippen LogP contribution in [0.1, 0.15) is 38.8 Å². The van der Waals surface area contributed by atoms with Crippen molar-refractivity contribution in [2.75, 3.05) is 18.5 Å². The number of thioether (sulfide) groups is 2. The molecule has 0 amide bonds. The van der Waals surface area contributed by atoms with Crippen LogP contribution in [0.4, 0.5) is 5.69 Å². The van der Waals surface area contributed by atoms with E-state index in [1.165, 1.54) is 11.8 Å². The van der Waals surface area contributed by atoms with Gasteiger partial charge < -0.3 is 14.8 Å². The Morgan fingerprint density at radius 1 is 1.06 bits per heavy atom. The molecule has 0 spiro atoms. The highest BCUT2D eigenvalue weighted by Gasteiger charge is 2.39. The van der Waals surface area contributed by atoms with Crippen molar-refractivity contribution in [3.05, 3.63) is 68.8 Å². The zero-order valence-electron chi connectivity index (χ0n) is 18.5. The van der Waals surface area contributed by atoms with Gasteiger partial charge in [0, 0.05) is 26.6 Å². The van der Waals surface area contributed by atoms with Gasteiger partial charge in [-0.1, -0.05) is 66.1 Å². The van der Waals surface area contributed by atoms with E-state index in [0.717, 1.165) is 42.1 Å². The Labute approximate surface area is 202 Å². The lowest BCUT2D eigenvalue weighted by Crippen LogP contribution is -2.43. The maximum Gasteiger partial charge on any atom is 0.346 e. The van der Waals surface area contributed by atoms with Crippen molar-refractivity contribution in [3.63, 3.8) is 0 Å². The summed E-state index contributed by atoms with van der Waals surface area (Å²) in [5.41, 5.74) is 3.56. The third kappa shape index (κ3) is 4.34. The van der Waals surface area contributed by atoms with Crippen molar-refractivity contribution in [1.29, 1.82) is 0 Å². The molecule has 2 heterocycles. The fraction of sp³-hybridized carbons (Fsp3) is 0.280. The van der Waals surface area contributed by atoms with Crippen LogP contribution in [-0.4, -0.2) is 29.6 Å². The van der Waals surface area contributed by atoms with Crippen LogP contribution >= 0.6 is 35.7 Å². The molecule has 0 fully saturated rings. The number of fused-ring (bicyclic) bond motifs is 1. The number of thiocarbonyl (C=S) groups is 1. The third-order valence-corrected chi connectivity index (χ3v) is 8.45. The summed E-state index contributed by atoms with van der Waals surface area (Å²) < 4.78 is 12.1. The second-order valence-electron chi connectivity index (χ2n) is 7.83. The zero-order valence-corrected chi connectivity index (χ0v) is 20.9. The van der Waals surface area contributed by atoms with Gasteiger partial charge in [-0.05, 0) is 51.5 Å². The maximum absolute atomic E-state index is 12.8. The van der Waals surface area contributed by atoms with Crippen molar-refractivity contribution in [2.45, 2.75) is 33.2 Å². The first-order valence-corrected chi connectivity index (χ1v) is 12.6. The van der Waals surface area contributed by atoms with Crippen molar-refractivity contribution in [3.8, 4) is 5.75 Å². The molecule has 0 saturated carbocycles. The molecule has 0 unspecified atom stereocenters. The van der Waals surface area contributed by atoms with Crippen molar-refractivity contribution >= 4 is 62.7 Å².